The highest BCUT2D eigenvalue weighted by Gasteiger charge is 2.17. The van der Waals surface area contributed by atoms with Crippen LogP contribution in [-0.2, 0) is 4.74 Å². The van der Waals surface area contributed by atoms with Gasteiger partial charge in [0.2, 0.25) is 0 Å². The van der Waals surface area contributed by atoms with Gasteiger partial charge < -0.3 is 10.1 Å². The molecule has 1 aliphatic heterocycles. The number of hydrogen-bond donors (Lipinski definition) is 1. The molecule has 4 heteroatoms. The van der Waals surface area contributed by atoms with Crippen molar-refractivity contribution in [3.8, 4) is 0 Å². The predicted molar refractivity (Wildman–Crippen MR) is 71.3 cm³/mol. The van der Waals surface area contributed by atoms with E-state index in [4.69, 9.17) is 4.74 Å². The minimum atomic E-state index is 0.349. The van der Waals surface area contributed by atoms with E-state index in [1.165, 1.54) is 24.8 Å². The van der Waals surface area contributed by atoms with Crippen molar-refractivity contribution in [2.75, 3.05) is 13.2 Å². The van der Waals surface area contributed by atoms with E-state index in [9.17, 15) is 0 Å². The van der Waals surface area contributed by atoms with Crippen LogP contribution < -0.4 is 5.32 Å². The van der Waals surface area contributed by atoms with E-state index in [-0.39, 0.29) is 0 Å². The van der Waals surface area contributed by atoms with Gasteiger partial charge in [-0.3, -0.25) is 0 Å². The first-order valence-electron chi connectivity index (χ1n) is 7.00. The zero-order chi connectivity index (χ0) is 12.6. The summed E-state index contributed by atoms with van der Waals surface area (Å²) in [5.41, 5.74) is 1.18. The van der Waals surface area contributed by atoms with Crippen LogP contribution in [0.1, 0.15) is 50.6 Å². The van der Waals surface area contributed by atoms with Crippen molar-refractivity contribution in [2.45, 2.75) is 51.2 Å². The van der Waals surface area contributed by atoms with Crippen LogP contribution >= 0.6 is 0 Å². The van der Waals surface area contributed by atoms with Crippen LogP contribution in [0.15, 0.2) is 18.7 Å². The van der Waals surface area contributed by atoms with E-state index < -0.39 is 0 Å². The second-order valence-corrected chi connectivity index (χ2v) is 4.85. The lowest BCUT2D eigenvalue weighted by atomic mass is 9.99. The summed E-state index contributed by atoms with van der Waals surface area (Å²) in [7, 11) is 0. The van der Waals surface area contributed by atoms with Crippen molar-refractivity contribution in [3.63, 3.8) is 0 Å². The topological polar surface area (TPSA) is 47.0 Å². The lowest BCUT2D eigenvalue weighted by Crippen LogP contribution is -2.25. The van der Waals surface area contributed by atoms with Gasteiger partial charge in [0, 0.05) is 30.6 Å². The second-order valence-electron chi connectivity index (χ2n) is 4.85. The number of hydrogen-bond acceptors (Lipinski definition) is 4. The highest BCUT2D eigenvalue weighted by molar-refractivity contribution is 5.09. The zero-order valence-electron chi connectivity index (χ0n) is 11.1. The number of aromatic nitrogens is 2. The molecule has 2 atom stereocenters. The first-order chi connectivity index (χ1) is 8.90. The van der Waals surface area contributed by atoms with Crippen molar-refractivity contribution in [1.82, 2.24) is 15.3 Å². The van der Waals surface area contributed by atoms with E-state index >= 15 is 0 Å². The summed E-state index contributed by atoms with van der Waals surface area (Å²) in [6.07, 6.45) is 11.8. The summed E-state index contributed by atoms with van der Waals surface area (Å²) in [5.74, 6) is 0. The number of rotatable bonds is 6. The molecular formula is C14H23N3O. The van der Waals surface area contributed by atoms with E-state index in [1.807, 2.05) is 12.4 Å². The molecule has 1 saturated heterocycles. The van der Waals surface area contributed by atoms with Gasteiger partial charge >= 0.3 is 0 Å². The molecule has 1 aromatic heterocycles. The van der Waals surface area contributed by atoms with Crippen molar-refractivity contribution in [2.24, 2.45) is 0 Å². The lowest BCUT2D eigenvalue weighted by molar-refractivity contribution is 0.00855. The number of ether oxygens (including phenoxy) is 1. The van der Waals surface area contributed by atoms with Crippen molar-refractivity contribution in [3.05, 3.63) is 24.3 Å². The molecule has 0 spiro atoms. The summed E-state index contributed by atoms with van der Waals surface area (Å²) in [4.78, 5) is 8.20. The molecule has 0 radical (unpaired) electrons. The third-order valence-electron chi connectivity index (χ3n) is 3.48. The molecule has 0 aromatic carbocycles. The summed E-state index contributed by atoms with van der Waals surface area (Å²) in [6, 6.07) is 0.349. The molecule has 100 valence electrons. The third-order valence-corrected chi connectivity index (χ3v) is 3.48. The molecule has 4 nitrogen and oxygen atoms in total. The molecule has 2 heterocycles. The van der Waals surface area contributed by atoms with Gasteiger partial charge in [-0.25, -0.2) is 9.97 Å². The Balaban J connectivity index is 1.86. The number of nitrogens with one attached hydrogen (secondary N) is 1. The smallest absolute Gasteiger partial charge is 0.115 e. The monoisotopic (exact) mass is 249 g/mol. The summed E-state index contributed by atoms with van der Waals surface area (Å²) >= 11 is 0. The fraction of sp³-hybridized carbons (Fsp3) is 0.714. The van der Waals surface area contributed by atoms with Crippen LogP contribution in [-0.4, -0.2) is 29.2 Å². The Morgan fingerprint density at radius 1 is 1.39 bits per heavy atom. The van der Waals surface area contributed by atoms with Gasteiger partial charge in [-0.1, -0.05) is 6.92 Å². The fourth-order valence-corrected chi connectivity index (χ4v) is 2.51. The average Bonchev–Trinajstić information content (AvgIpc) is 2.45. The van der Waals surface area contributed by atoms with Gasteiger partial charge in [-0.2, -0.15) is 0 Å². The van der Waals surface area contributed by atoms with E-state index in [0.717, 1.165) is 26.0 Å². The molecule has 1 fully saturated rings. The SMILES string of the molecule is CCNC(CCC1CCCCO1)c1cncnc1. The van der Waals surface area contributed by atoms with Gasteiger partial charge in [0.15, 0.2) is 0 Å². The average molecular weight is 249 g/mol. The minimum absolute atomic E-state index is 0.349. The zero-order valence-corrected chi connectivity index (χ0v) is 11.1. The largest absolute Gasteiger partial charge is 0.378 e. The summed E-state index contributed by atoms with van der Waals surface area (Å²) in [5, 5.41) is 3.50. The molecular weight excluding hydrogens is 226 g/mol. The first kappa shape index (κ1) is 13.4. The van der Waals surface area contributed by atoms with E-state index in [2.05, 4.69) is 22.2 Å². The predicted octanol–water partition coefficient (Wildman–Crippen LogP) is 2.48. The van der Waals surface area contributed by atoms with Crippen LogP contribution in [0.4, 0.5) is 0 Å². The molecule has 0 amide bonds. The van der Waals surface area contributed by atoms with Crippen LogP contribution in [0, 0.1) is 0 Å². The van der Waals surface area contributed by atoms with Gasteiger partial charge in [0.25, 0.3) is 0 Å². The minimum Gasteiger partial charge on any atom is -0.378 e. The van der Waals surface area contributed by atoms with Gasteiger partial charge in [-0.15, -0.1) is 0 Å². The quantitative estimate of drug-likeness (QED) is 0.841. The first-order valence-corrected chi connectivity index (χ1v) is 7.00. The van der Waals surface area contributed by atoms with Crippen molar-refractivity contribution in [1.29, 1.82) is 0 Å². The molecule has 2 rings (SSSR count). The highest BCUT2D eigenvalue weighted by Crippen LogP contribution is 2.23. The van der Waals surface area contributed by atoms with Gasteiger partial charge in [0.1, 0.15) is 6.33 Å². The standard InChI is InChI=1S/C14H23N3O/c1-2-17-14(12-9-15-11-16-10-12)7-6-13-5-3-4-8-18-13/h9-11,13-14,17H,2-8H2,1H3. The number of nitrogens with zero attached hydrogens (tertiary/aromatic N) is 2. The van der Waals surface area contributed by atoms with Crippen molar-refractivity contribution >= 4 is 0 Å². The molecule has 2 unspecified atom stereocenters. The Morgan fingerprint density at radius 2 is 2.22 bits per heavy atom. The molecule has 1 N–H and O–H groups in total. The van der Waals surface area contributed by atoms with Gasteiger partial charge in [0.05, 0.1) is 6.10 Å². The van der Waals surface area contributed by atoms with Crippen LogP contribution in [0.2, 0.25) is 0 Å². The normalized spacial score (nSPS) is 21.7. The fourth-order valence-electron chi connectivity index (χ4n) is 2.51. The Kier molecular flexibility index (Phi) is 5.55. The Morgan fingerprint density at radius 3 is 2.89 bits per heavy atom. The van der Waals surface area contributed by atoms with E-state index in [1.54, 1.807) is 6.33 Å². The molecule has 0 aliphatic carbocycles. The van der Waals surface area contributed by atoms with Crippen LogP contribution in [0.5, 0.6) is 0 Å². The molecule has 18 heavy (non-hydrogen) atoms. The third kappa shape index (κ3) is 4.03. The highest BCUT2D eigenvalue weighted by atomic mass is 16.5. The van der Waals surface area contributed by atoms with Gasteiger partial charge in [-0.05, 0) is 38.6 Å². The molecule has 1 aromatic rings. The molecule has 1 aliphatic rings. The van der Waals surface area contributed by atoms with Crippen molar-refractivity contribution < 1.29 is 4.74 Å². The molecule has 0 bridgehead atoms. The Bertz CT molecular complexity index is 325. The lowest BCUT2D eigenvalue weighted by Gasteiger charge is -2.25. The second kappa shape index (κ2) is 7.44. The maximum atomic E-state index is 5.78. The summed E-state index contributed by atoms with van der Waals surface area (Å²) in [6.45, 7) is 4.03. The maximum Gasteiger partial charge on any atom is 0.115 e. The Hall–Kier alpha value is -1.00. The maximum absolute atomic E-state index is 5.78. The van der Waals surface area contributed by atoms with Crippen LogP contribution in [0.3, 0.4) is 0 Å². The molecule has 0 saturated carbocycles. The Labute approximate surface area is 109 Å². The van der Waals surface area contributed by atoms with E-state index in [0.29, 0.717) is 12.1 Å². The summed E-state index contributed by atoms with van der Waals surface area (Å²) < 4.78 is 5.78. The van der Waals surface area contributed by atoms with Crippen LogP contribution in [0.25, 0.3) is 0 Å².